The van der Waals surface area contributed by atoms with Crippen LogP contribution in [-0.4, -0.2) is 26.5 Å². The summed E-state index contributed by atoms with van der Waals surface area (Å²) < 4.78 is 6.19. The third kappa shape index (κ3) is 16.8. The summed E-state index contributed by atoms with van der Waals surface area (Å²) in [5.74, 6) is 0.978. The van der Waals surface area contributed by atoms with Gasteiger partial charge < -0.3 is 4.43 Å². The molecule has 0 radical (unpaired) electrons. The first-order chi connectivity index (χ1) is 11.2. The zero-order valence-corrected chi connectivity index (χ0v) is 17.9. The minimum atomic E-state index is -0.937. The van der Waals surface area contributed by atoms with Gasteiger partial charge in [-0.15, -0.1) is 0 Å². The molecule has 0 aromatic heterocycles. The van der Waals surface area contributed by atoms with E-state index in [2.05, 4.69) is 20.8 Å². The van der Waals surface area contributed by atoms with E-state index in [1.165, 1.54) is 68.8 Å². The van der Waals surface area contributed by atoms with Gasteiger partial charge >= 0.3 is 0 Å². The molecule has 0 aliphatic rings. The molecule has 0 heterocycles. The molecular weight excluding hydrogens is 320 g/mol. The molecule has 0 N–H and O–H groups in total. The molecule has 0 aliphatic heterocycles. The number of hydrogen-bond acceptors (Lipinski definition) is 3. The van der Waals surface area contributed by atoms with Crippen molar-refractivity contribution in [2.75, 3.05) is 12.4 Å². The number of carbonyl (C=O) groups excluding carboxylic acids is 1. The second kappa shape index (κ2) is 18.5. The first-order valence-electron chi connectivity index (χ1n) is 10.0. The molecule has 0 aromatic carbocycles. The molecule has 0 rings (SSSR count). The summed E-state index contributed by atoms with van der Waals surface area (Å²) in [5.41, 5.74) is 0. The van der Waals surface area contributed by atoms with Crippen molar-refractivity contribution in [3.63, 3.8) is 0 Å². The van der Waals surface area contributed by atoms with Gasteiger partial charge in [0.25, 0.3) is 0 Å². The SMILES string of the molecule is CCCCCCC(=O)SCCCCO[SiH](CCCC)CCCC. The Hall–Kier alpha value is 0.197. The Morgan fingerprint density at radius 1 is 0.826 bits per heavy atom. The fourth-order valence-electron chi connectivity index (χ4n) is 2.58. The molecule has 23 heavy (non-hydrogen) atoms. The molecule has 0 saturated heterocycles. The summed E-state index contributed by atoms with van der Waals surface area (Å²) in [6.45, 7) is 7.66. The highest BCUT2D eigenvalue weighted by Crippen LogP contribution is 2.14. The van der Waals surface area contributed by atoms with Crippen molar-refractivity contribution < 1.29 is 9.22 Å². The van der Waals surface area contributed by atoms with Crippen molar-refractivity contribution in [1.82, 2.24) is 0 Å². The van der Waals surface area contributed by atoms with E-state index in [-0.39, 0.29) is 0 Å². The van der Waals surface area contributed by atoms with E-state index in [9.17, 15) is 4.79 Å². The maximum atomic E-state index is 11.7. The Bertz CT molecular complexity index is 254. The average molecular weight is 361 g/mol. The normalized spacial score (nSPS) is 11.3. The lowest BCUT2D eigenvalue weighted by Gasteiger charge is -2.15. The van der Waals surface area contributed by atoms with Crippen LogP contribution >= 0.6 is 11.8 Å². The largest absolute Gasteiger partial charge is 0.420 e. The maximum absolute atomic E-state index is 11.7. The zero-order chi connectivity index (χ0) is 17.2. The van der Waals surface area contributed by atoms with Crippen molar-refractivity contribution in [3.8, 4) is 0 Å². The maximum Gasteiger partial charge on any atom is 0.188 e. The van der Waals surface area contributed by atoms with Gasteiger partial charge in [-0.3, -0.25) is 4.79 Å². The Balaban J connectivity index is 3.51. The van der Waals surface area contributed by atoms with E-state index in [1.807, 2.05) is 0 Å². The summed E-state index contributed by atoms with van der Waals surface area (Å²) >= 11 is 1.54. The summed E-state index contributed by atoms with van der Waals surface area (Å²) in [6.07, 6.45) is 13.0. The second-order valence-electron chi connectivity index (χ2n) is 6.52. The molecule has 0 unspecified atom stereocenters. The molecule has 0 bridgehead atoms. The summed E-state index contributed by atoms with van der Waals surface area (Å²) in [5, 5.41) is 0.389. The molecular formula is C19H40O2SSi. The lowest BCUT2D eigenvalue weighted by atomic mass is 10.2. The van der Waals surface area contributed by atoms with Gasteiger partial charge in [-0.2, -0.15) is 0 Å². The van der Waals surface area contributed by atoms with Gasteiger partial charge in [0.1, 0.15) is 0 Å². The van der Waals surface area contributed by atoms with Crippen LogP contribution < -0.4 is 0 Å². The van der Waals surface area contributed by atoms with Gasteiger partial charge in [-0.05, 0) is 31.4 Å². The van der Waals surface area contributed by atoms with Crippen LogP contribution in [0.25, 0.3) is 0 Å². The van der Waals surface area contributed by atoms with Crippen molar-refractivity contribution in [3.05, 3.63) is 0 Å². The predicted molar refractivity (Wildman–Crippen MR) is 108 cm³/mol. The standard InChI is InChI=1S/C19H40O2SSi/c1-4-7-10-11-14-19(20)22-16-13-12-15-21-23(17-8-5-2)18-9-6-3/h23H,4-18H2,1-3H3. The predicted octanol–water partition coefficient (Wildman–Crippen LogP) is 6.34. The molecule has 0 atom stereocenters. The van der Waals surface area contributed by atoms with Crippen molar-refractivity contribution in [2.24, 2.45) is 0 Å². The highest BCUT2D eigenvalue weighted by Gasteiger charge is 2.10. The lowest BCUT2D eigenvalue weighted by molar-refractivity contribution is -0.111. The number of thioether (sulfide) groups is 1. The molecule has 0 saturated carbocycles. The smallest absolute Gasteiger partial charge is 0.188 e. The van der Waals surface area contributed by atoms with E-state index < -0.39 is 9.04 Å². The fourth-order valence-corrected chi connectivity index (χ4v) is 6.30. The number of carbonyl (C=O) groups is 1. The Labute approximate surface area is 151 Å². The zero-order valence-electron chi connectivity index (χ0n) is 15.9. The first-order valence-corrected chi connectivity index (χ1v) is 13.1. The number of hydrogen-bond donors (Lipinski definition) is 0. The van der Waals surface area contributed by atoms with E-state index in [1.54, 1.807) is 0 Å². The van der Waals surface area contributed by atoms with E-state index in [0.29, 0.717) is 5.12 Å². The van der Waals surface area contributed by atoms with Gasteiger partial charge in [0.05, 0.1) is 0 Å². The van der Waals surface area contributed by atoms with Crippen molar-refractivity contribution in [2.45, 2.75) is 103 Å². The van der Waals surface area contributed by atoms with Crippen LogP contribution in [0.5, 0.6) is 0 Å². The monoisotopic (exact) mass is 360 g/mol. The number of rotatable bonds is 17. The van der Waals surface area contributed by atoms with Crippen LogP contribution in [-0.2, 0) is 9.22 Å². The third-order valence-electron chi connectivity index (χ3n) is 4.15. The average Bonchev–Trinajstić information content (AvgIpc) is 2.56. The molecule has 0 amide bonds. The van der Waals surface area contributed by atoms with Crippen LogP contribution in [0.3, 0.4) is 0 Å². The molecule has 0 aromatic rings. The Morgan fingerprint density at radius 2 is 1.48 bits per heavy atom. The topological polar surface area (TPSA) is 26.3 Å². The summed E-state index contributed by atoms with van der Waals surface area (Å²) in [6, 6.07) is 2.70. The van der Waals surface area contributed by atoms with Gasteiger partial charge in [0.2, 0.25) is 0 Å². The van der Waals surface area contributed by atoms with Crippen LogP contribution in [0, 0.1) is 0 Å². The van der Waals surface area contributed by atoms with E-state index in [4.69, 9.17) is 4.43 Å². The first kappa shape index (κ1) is 23.2. The molecule has 138 valence electrons. The molecule has 0 fully saturated rings. The number of unbranched alkanes of at least 4 members (excludes halogenated alkanes) is 6. The quantitative estimate of drug-likeness (QED) is 0.224. The molecule has 0 aliphatic carbocycles. The summed E-state index contributed by atoms with van der Waals surface area (Å²) in [4.78, 5) is 11.7. The summed E-state index contributed by atoms with van der Waals surface area (Å²) in [7, 11) is -0.937. The van der Waals surface area contributed by atoms with E-state index in [0.717, 1.165) is 38.0 Å². The second-order valence-corrected chi connectivity index (χ2v) is 10.4. The minimum Gasteiger partial charge on any atom is -0.420 e. The van der Waals surface area contributed by atoms with Gasteiger partial charge in [0, 0.05) is 18.8 Å². The van der Waals surface area contributed by atoms with Gasteiger partial charge in [0.15, 0.2) is 14.2 Å². The minimum absolute atomic E-state index is 0.389. The van der Waals surface area contributed by atoms with E-state index >= 15 is 0 Å². The van der Waals surface area contributed by atoms with Gasteiger partial charge in [-0.25, -0.2) is 0 Å². The Kier molecular flexibility index (Phi) is 18.7. The third-order valence-corrected chi connectivity index (χ3v) is 7.98. The lowest BCUT2D eigenvalue weighted by Crippen LogP contribution is -2.18. The van der Waals surface area contributed by atoms with Crippen LogP contribution in [0.15, 0.2) is 0 Å². The van der Waals surface area contributed by atoms with Crippen LogP contribution in [0.4, 0.5) is 0 Å². The molecule has 0 spiro atoms. The molecule has 4 heteroatoms. The van der Waals surface area contributed by atoms with Gasteiger partial charge in [-0.1, -0.05) is 77.5 Å². The van der Waals surface area contributed by atoms with Crippen LogP contribution in [0.1, 0.15) is 91.4 Å². The Morgan fingerprint density at radius 3 is 2.09 bits per heavy atom. The van der Waals surface area contributed by atoms with Crippen LogP contribution in [0.2, 0.25) is 12.1 Å². The fraction of sp³-hybridized carbons (Fsp3) is 0.947. The molecule has 2 nitrogen and oxygen atoms in total. The van der Waals surface area contributed by atoms with Crippen molar-refractivity contribution >= 4 is 25.9 Å². The highest BCUT2D eigenvalue weighted by molar-refractivity contribution is 8.13. The highest BCUT2D eigenvalue weighted by atomic mass is 32.2. The van der Waals surface area contributed by atoms with Crippen molar-refractivity contribution in [1.29, 1.82) is 0 Å².